The quantitative estimate of drug-likeness (QED) is 0.339. The zero-order chi connectivity index (χ0) is 20.6. The van der Waals surface area contributed by atoms with E-state index in [1.165, 1.54) is 12.1 Å². The molecule has 1 aromatic carbocycles. The second kappa shape index (κ2) is 10.3. The second-order valence-corrected chi connectivity index (χ2v) is 7.18. The number of rotatable bonds is 9. The van der Waals surface area contributed by atoms with E-state index < -0.39 is 11.7 Å². The molecule has 1 amide bonds. The lowest BCUT2D eigenvalue weighted by molar-refractivity contribution is -0.137. The van der Waals surface area contributed by atoms with Gasteiger partial charge in [-0.3, -0.25) is 9.79 Å². The summed E-state index contributed by atoms with van der Waals surface area (Å²) in [6, 6.07) is 5.85. The Kier molecular flexibility index (Phi) is 8.14. The largest absolute Gasteiger partial charge is 0.416 e. The molecule has 1 aromatic rings. The lowest BCUT2D eigenvalue weighted by Gasteiger charge is -2.16. The Morgan fingerprint density at radius 1 is 1.25 bits per heavy atom. The van der Waals surface area contributed by atoms with Crippen LogP contribution in [0.25, 0.3) is 0 Å². The lowest BCUT2D eigenvalue weighted by Crippen LogP contribution is -2.38. The van der Waals surface area contributed by atoms with Crippen molar-refractivity contribution in [3.8, 4) is 0 Å². The number of amides is 1. The zero-order valence-electron chi connectivity index (χ0n) is 16.4. The first kappa shape index (κ1) is 22.0. The normalized spacial score (nSPS) is 15.8. The highest BCUT2D eigenvalue weighted by Crippen LogP contribution is 2.31. The number of aliphatic imine (C=N–C) groups is 1. The standard InChI is InChI=1S/C20H29F3N4O/c1-14(15-5-3-6-16(13-15)20(21,22)23)10-12-26-19(24-2)25-11-4-7-18(28)27-17-8-9-17/h3,5-6,13-14,17H,4,7-12H2,1-2H3,(H,27,28)(H2,24,25,26). The van der Waals surface area contributed by atoms with Gasteiger partial charge < -0.3 is 16.0 Å². The van der Waals surface area contributed by atoms with Crippen molar-refractivity contribution in [3.63, 3.8) is 0 Å². The van der Waals surface area contributed by atoms with Crippen LogP contribution in [-0.4, -0.2) is 38.0 Å². The van der Waals surface area contributed by atoms with Gasteiger partial charge in [0.25, 0.3) is 0 Å². The van der Waals surface area contributed by atoms with Gasteiger partial charge in [-0.2, -0.15) is 13.2 Å². The topological polar surface area (TPSA) is 65.5 Å². The highest BCUT2D eigenvalue weighted by Gasteiger charge is 2.30. The van der Waals surface area contributed by atoms with Crippen molar-refractivity contribution in [2.45, 2.75) is 57.2 Å². The molecule has 0 spiro atoms. The van der Waals surface area contributed by atoms with E-state index in [2.05, 4.69) is 20.9 Å². The van der Waals surface area contributed by atoms with Crippen molar-refractivity contribution in [2.24, 2.45) is 4.99 Å². The molecule has 0 aliphatic heterocycles. The molecule has 28 heavy (non-hydrogen) atoms. The second-order valence-electron chi connectivity index (χ2n) is 7.18. The third-order valence-corrected chi connectivity index (χ3v) is 4.69. The first-order chi connectivity index (χ1) is 13.3. The summed E-state index contributed by atoms with van der Waals surface area (Å²) in [4.78, 5) is 15.7. The van der Waals surface area contributed by atoms with Gasteiger partial charge in [0, 0.05) is 32.6 Å². The van der Waals surface area contributed by atoms with E-state index in [9.17, 15) is 18.0 Å². The Balaban J connectivity index is 1.66. The van der Waals surface area contributed by atoms with Crippen LogP contribution in [0.3, 0.4) is 0 Å². The Hall–Kier alpha value is -2.25. The molecule has 1 atom stereocenters. The number of hydrogen-bond acceptors (Lipinski definition) is 2. The smallest absolute Gasteiger partial charge is 0.356 e. The molecule has 0 bridgehead atoms. The molecule has 156 valence electrons. The maximum atomic E-state index is 12.8. The summed E-state index contributed by atoms with van der Waals surface area (Å²) in [5.74, 6) is 0.694. The number of hydrogen-bond donors (Lipinski definition) is 3. The minimum atomic E-state index is -4.32. The van der Waals surface area contributed by atoms with Crippen LogP contribution >= 0.6 is 0 Å². The summed E-state index contributed by atoms with van der Waals surface area (Å²) in [7, 11) is 1.66. The molecule has 3 N–H and O–H groups in total. The Morgan fingerprint density at radius 3 is 2.61 bits per heavy atom. The molecule has 0 heterocycles. The zero-order valence-corrected chi connectivity index (χ0v) is 16.4. The van der Waals surface area contributed by atoms with Crippen molar-refractivity contribution >= 4 is 11.9 Å². The fraction of sp³-hybridized carbons (Fsp3) is 0.600. The summed E-state index contributed by atoms with van der Waals surface area (Å²) in [5.41, 5.74) is 0.0502. The van der Waals surface area contributed by atoms with E-state index in [1.54, 1.807) is 13.1 Å². The van der Waals surface area contributed by atoms with Crippen LogP contribution in [0.15, 0.2) is 29.3 Å². The number of carbonyl (C=O) groups is 1. The predicted molar refractivity (Wildman–Crippen MR) is 104 cm³/mol. The van der Waals surface area contributed by atoms with Crippen LogP contribution in [-0.2, 0) is 11.0 Å². The molecular formula is C20H29F3N4O. The van der Waals surface area contributed by atoms with Crippen molar-refractivity contribution in [1.29, 1.82) is 0 Å². The first-order valence-electron chi connectivity index (χ1n) is 9.70. The van der Waals surface area contributed by atoms with Crippen molar-refractivity contribution in [2.75, 3.05) is 20.1 Å². The lowest BCUT2D eigenvalue weighted by atomic mass is 9.96. The van der Waals surface area contributed by atoms with E-state index in [1.807, 2.05) is 6.92 Å². The van der Waals surface area contributed by atoms with Crippen LogP contribution in [0.2, 0.25) is 0 Å². The van der Waals surface area contributed by atoms with Crippen molar-refractivity contribution in [1.82, 2.24) is 16.0 Å². The minimum Gasteiger partial charge on any atom is -0.356 e. The van der Waals surface area contributed by atoms with Gasteiger partial charge in [-0.25, -0.2) is 0 Å². The van der Waals surface area contributed by atoms with E-state index >= 15 is 0 Å². The van der Waals surface area contributed by atoms with Crippen LogP contribution in [0.4, 0.5) is 13.2 Å². The van der Waals surface area contributed by atoms with E-state index in [0.29, 0.717) is 49.9 Å². The maximum Gasteiger partial charge on any atom is 0.416 e. The molecule has 1 fully saturated rings. The number of nitrogens with one attached hydrogen (secondary N) is 3. The average Bonchev–Trinajstić information content (AvgIpc) is 3.46. The average molecular weight is 398 g/mol. The van der Waals surface area contributed by atoms with Gasteiger partial charge in [0.1, 0.15) is 0 Å². The molecule has 2 rings (SSSR count). The SMILES string of the molecule is CN=C(NCCCC(=O)NC1CC1)NCCC(C)c1cccc(C(F)(F)F)c1. The highest BCUT2D eigenvalue weighted by atomic mass is 19.4. The highest BCUT2D eigenvalue weighted by molar-refractivity contribution is 5.80. The van der Waals surface area contributed by atoms with Gasteiger partial charge in [-0.05, 0) is 43.2 Å². The Labute approximate surface area is 164 Å². The Bertz CT molecular complexity index is 672. The third kappa shape index (κ3) is 7.78. The third-order valence-electron chi connectivity index (χ3n) is 4.69. The molecule has 5 nitrogen and oxygen atoms in total. The molecule has 0 radical (unpaired) electrons. The minimum absolute atomic E-state index is 0.0148. The van der Waals surface area contributed by atoms with Gasteiger partial charge in [-0.15, -0.1) is 0 Å². The number of halogens is 3. The molecule has 1 saturated carbocycles. The van der Waals surface area contributed by atoms with Crippen LogP contribution < -0.4 is 16.0 Å². The molecule has 0 saturated heterocycles. The van der Waals surface area contributed by atoms with Crippen molar-refractivity contribution in [3.05, 3.63) is 35.4 Å². The maximum absolute atomic E-state index is 12.8. The van der Waals surface area contributed by atoms with Gasteiger partial charge >= 0.3 is 6.18 Å². The van der Waals surface area contributed by atoms with Gasteiger partial charge in [-0.1, -0.05) is 25.1 Å². The predicted octanol–water partition coefficient (Wildman–Crippen LogP) is 3.42. The van der Waals surface area contributed by atoms with E-state index in [0.717, 1.165) is 18.9 Å². The molecule has 8 heteroatoms. The molecule has 0 aromatic heterocycles. The monoisotopic (exact) mass is 398 g/mol. The number of nitrogens with zero attached hydrogens (tertiary/aromatic N) is 1. The van der Waals surface area contributed by atoms with Gasteiger partial charge in [0.2, 0.25) is 5.91 Å². The van der Waals surface area contributed by atoms with Crippen molar-refractivity contribution < 1.29 is 18.0 Å². The summed E-state index contributed by atoms with van der Waals surface area (Å²) in [6.45, 7) is 3.12. The number of carbonyl (C=O) groups excluding carboxylic acids is 1. The van der Waals surface area contributed by atoms with Crippen LogP contribution in [0.5, 0.6) is 0 Å². The number of alkyl halides is 3. The molecular weight excluding hydrogens is 369 g/mol. The Morgan fingerprint density at radius 2 is 1.96 bits per heavy atom. The van der Waals surface area contributed by atoms with E-state index in [4.69, 9.17) is 0 Å². The molecule has 1 aliphatic carbocycles. The fourth-order valence-electron chi connectivity index (χ4n) is 2.80. The van der Waals surface area contributed by atoms with E-state index in [-0.39, 0.29) is 11.8 Å². The molecule has 1 unspecified atom stereocenters. The fourth-order valence-corrected chi connectivity index (χ4v) is 2.80. The summed E-state index contributed by atoms with van der Waals surface area (Å²) in [5, 5.41) is 9.26. The summed E-state index contributed by atoms with van der Waals surface area (Å²) in [6.07, 6.45) is -0.298. The van der Waals surface area contributed by atoms with Crippen LogP contribution in [0.1, 0.15) is 56.1 Å². The summed E-state index contributed by atoms with van der Waals surface area (Å²) >= 11 is 0. The number of guanidine groups is 1. The number of benzene rings is 1. The van der Waals surface area contributed by atoms with Crippen LogP contribution in [0, 0.1) is 0 Å². The molecule has 1 aliphatic rings. The van der Waals surface area contributed by atoms with Gasteiger partial charge in [0.15, 0.2) is 5.96 Å². The first-order valence-corrected chi connectivity index (χ1v) is 9.70. The summed E-state index contributed by atoms with van der Waals surface area (Å²) < 4.78 is 38.5. The van der Waals surface area contributed by atoms with Gasteiger partial charge in [0.05, 0.1) is 5.56 Å².